The van der Waals surface area contributed by atoms with Crippen molar-refractivity contribution < 1.29 is 9.90 Å². The van der Waals surface area contributed by atoms with Gasteiger partial charge in [-0.3, -0.25) is 0 Å². The van der Waals surface area contributed by atoms with Gasteiger partial charge in [-0.25, -0.2) is 4.79 Å². The molecule has 0 radical (unpaired) electrons. The molecule has 0 aliphatic carbocycles. The fraction of sp³-hybridized carbons (Fsp3) is 0. The van der Waals surface area contributed by atoms with Crippen molar-refractivity contribution in [1.29, 1.82) is 0 Å². The largest absolute Gasteiger partial charge is 0.478 e. The van der Waals surface area contributed by atoms with Crippen LogP contribution in [0.2, 0.25) is 5.02 Å². The highest BCUT2D eigenvalue weighted by Crippen LogP contribution is 2.31. The Balaban J connectivity index is 3.38. The lowest BCUT2D eigenvalue weighted by Crippen LogP contribution is -2.21. The topological polar surface area (TPSA) is 75.3 Å². The van der Waals surface area contributed by atoms with E-state index in [1.807, 2.05) is 0 Å². The van der Waals surface area contributed by atoms with Crippen LogP contribution in [0.5, 0.6) is 0 Å². The number of rotatable bonds is 2. The quantitative estimate of drug-likeness (QED) is 0.732. The average Bonchev–Trinajstić information content (AvgIpc) is 2.10. The van der Waals surface area contributed by atoms with Crippen molar-refractivity contribution in [2.45, 2.75) is 0 Å². The summed E-state index contributed by atoms with van der Waals surface area (Å²) in [6, 6.07) is 3.08. The molecule has 1 aromatic carbocycles. The number of nitrogens with one attached hydrogen (secondary N) is 1. The molecule has 15 heavy (non-hydrogen) atoms. The molecule has 0 aromatic heterocycles. The number of hydrogen-bond donors (Lipinski definition) is 3. The number of benzene rings is 1. The predicted molar refractivity (Wildman–Crippen MR) is 66.5 cm³/mol. The molecule has 0 atom stereocenters. The van der Waals surface area contributed by atoms with Gasteiger partial charge in [-0.1, -0.05) is 11.6 Å². The number of carboxylic acids is 1. The molecule has 0 aliphatic rings. The molecule has 0 saturated heterocycles. The van der Waals surface area contributed by atoms with Crippen molar-refractivity contribution in [2.75, 3.05) is 5.32 Å². The molecule has 0 saturated carbocycles. The molecule has 80 valence electrons. The van der Waals surface area contributed by atoms with Crippen LogP contribution in [-0.4, -0.2) is 16.2 Å². The molecule has 0 amide bonds. The summed E-state index contributed by atoms with van der Waals surface area (Å²) in [6.45, 7) is 0. The van der Waals surface area contributed by atoms with Crippen LogP contribution in [0.1, 0.15) is 10.4 Å². The van der Waals surface area contributed by atoms with Gasteiger partial charge in [0.2, 0.25) is 0 Å². The molecule has 1 rings (SSSR count). The fourth-order valence-electron chi connectivity index (χ4n) is 1.01. The Hall–Kier alpha value is -0.850. The van der Waals surface area contributed by atoms with Gasteiger partial charge in [0.15, 0.2) is 5.11 Å². The lowest BCUT2D eigenvalue weighted by atomic mass is 10.2. The second kappa shape index (κ2) is 4.78. The standard InChI is InChI=1S/C8H6BrClN2O2S/c9-3-1-2-4(10)5(7(13)14)6(3)12-8(11)15/h1-2H,(H,13,14)(H3,11,12,15). The Bertz CT molecular complexity index is 439. The van der Waals surface area contributed by atoms with E-state index in [1.54, 1.807) is 6.07 Å². The third kappa shape index (κ3) is 2.80. The number of nitrogens with two attached hydrogens (primary N) is 1. The van der Waals surface area contributed by atoms with E-state index in [1.165, 1.54) is 6.07 Å². The van der Waals surface area contributed by atoms with Crippen LogP contribution < -0.4 is 11.1 Å². The van der Waals surface area contributed by atoms with E-state index in [2.05, 4.69) is 33.5 Å². The third-order valence-corrected chi connectivity index (χ3v) is 2.64. The monoisotopic (exact) mass is 308 g/mol. The van der Waals surface area contributed by atoms with Crippen molar-refractivity contribution in [3.05, 3.63) is 27.2 Å². The van der Waals surface area contributed by atoms with Gasteiger partial charge in [0.1, 0.15) is 5.56 Å². The Kier molecular flexibility index (Phi) is 3.90. The number of carbonyl (C=O) groups is 1. The number of thiocarbonyl (C=S) groups is 1. The summed E-state index contributed by atoms with van der Waals surface area (Å²) in [5.74, 6) is -1.15. The van der Waals surface area contributed by atoms with Crippen LogP contribution in [-0.2, 0) is 0 Å². The second-order valence-electron chi connectivity index (χ2n) is 2.57. The Morgan fingerprint density at radius 3 is 2.67 bits per heavy atom. The zero-order valence-electron chi connectivity index (χ0n) is 7.25. The minimum Gasteiger partial charge on any atom is -0.478 e. The van der Waals surface area contributed by atoms with Crippen LogP contribution in [0.25, 0.3) is 0 Å². The van der Waals surface area contributed by atoms with Gasteiger partial charge in [0, 0.05) is 4.47 Å². The van der Waals surface area contributed by atoms with E-state index < -0.39 is 5.97 Å². The summed E-state index contributed by atoms with van der Waals surface area (Å²) in [7, 11) is 0. The molecule has 0 fully saturated rings. The zero-order chi connectivity index (χ0) is 11.6. The van der Waals surface area contributed by atoms with Crippen molar-refractivity contribution in [2.24, 2.45) is 5.73 Å². The molecule has 4 nitrogen and oxygen atoms in total. The van der Waals surface area contributed by atoms with E-state index in [9.17, 15) is 4.79 Å². The molecule has 0 unspecified atom stereocenters. The smallest absolute Gasteiger partial charge is 0.339 e. The van der Waals surface area contributed by atoms with Gasteiger partial charge in [-0.15, -0.1) is 0 Å². The predicted octanol–water partition coefficient (Wildman–Crippen LogP) is 2.46. The van der Waals surface area contributed by atoms with E-state index in [4.69, 9.17) is 22.4 Å². The molecule has 1 aromatic rings. The van der Waals surface area contributed by atoms with E-state index >= 15 is 0 Å². The Labute approximate surface area is 105 Å². The average molecular weight is 310 g/mol. The van der Waals surface area contributed by atoms with Crippen molar-refractivity contribution in [3.63, 3.8) is 0 Å². The van der Waals surface area contributed by atoms with Gasteiger partial charge in [0.05, 0.1) is 10.7 Å². The SMILES string of the molecule is NC(=S)Nc1c(Br)ccc(Cl)c1C(=O)O. The zero-order valence-corrected chi connectivity index (χ0v) is 10.4. The molecule has 0 aliphatic heterocycles. The van der Waals surface area contributed by atoms with E-state index in [-0.39, 0.29) is 21.4 Å². The highest BCUT2D eigenvalue weighted by atomic mass is 79.9. The van der Waals surface area contributed by atoms with Crippen molar-refractivity contribution in [1.82, 2.24) is 0 Å². The van der Waals surface area contributed by atoms with Gasteiger partial charge >= 0.3 is 5.97 Å². The maximum atomic E-state index is 10.9. The summed E-state index contributed by atoms with van der Waals surface area (Å²) < 4.78 is 0.525. The van der Waals surface area contributed by atoms with Crippen LogP contribution in [0.15, 0.2) is 16.6 Å². The van der Waals surface area contributed by atoms with E-state index in [0.717, 1.165) is 0 Å². The second-order valence-corrected chi connectivity index (χ2v) is 4.27. The molecule has 0 bridgehead atoms. The summed E-state index contributed by atoms with van der Waals surface area (Å²) in [5.41, 5.74) is 5.46. The van der Waals surface area contributed by atoms with Crippen LogP contribution in [0.3, 0.4) is 0 Å². The first-order valence-corrected chi connectivity index (χ1v) is 5.29. The van der Waals surface area contributed by atoms with Gasteiger partial charge in [-0.2, -0.15) is 0 Å². The summed E-state index contributed by atoms with van der Waals surface area (Å²) in [5, 5.41) is 11.6. The third-order valence-electron chi connectivity index (χ3n) is 1.57. The first-order chi connectivity index (χ1) is 6.93. The van der Waals surface area contributed by atoms with Gasteiger partial charge in [0.25, 0.3) is 0 Å². The molecule has 0 spiro atoms. The Morgan fingerprint density at radius 2 is 2.20 bits per heavy atom. The van der Waals surface area contributed by atoms with Crippen LogP contribution in [0, 0.1) is 0 Å². The minimum absolute atomic E-state index is 0.0273. The molecular weight excluding hydrogens is 304 g/mol. The fourth-order valence-corrected chi connectivity index (χ4v) is 1.78. The lowest BCUT2D eigenvalue weighted by molar-refractivity contribution is 0.0698. The van der Waals surface area contributed by atoms with Crippen molar-refractivity contribution in [3.8, 4) is 0 Å². The number of carboxylic acid groups (broad SMARTS) is 1. The maximum absolute atomic E-state index is 10.9. The van der Waals surface area contributed by atoms with E-state index in [0.29, 0.717) is 4.47 Å². The van der Waals surface area contributed by atoms with Gasteiger partial charge < -0.3 is 16.2 Å². The number of anilines is 1. The summed E-state index contributed by atoms with van der Waals surface area (Å²) in [6.07, 6.45) is 0. The lowest BCUT2D eigenvalue weighted by Gasteiger charge is -2.11. The number of hydrogen-bond acceptors (Lipinski definition) is 2. The summed E-state index contributed by atoms with van der Waals surface area (Å²) >= 11 is 13.6. The van der Waals surface area contributed by atoms with Crippen LogP contribution in [0.4, 0.5) is 5.69 Å². The Morgan fingerprint density at radius 1 is 1.60 bits per heavy atom. The summed E-state index contributed by atoms with van der Waals surface area (Å²) in [4.78, 5) is 10.9. The normalized spacial score (nSPS) is 9.73. The molecule has 7 heteroatoms. The molecule has 0 heterocycles. The van der Waals surface area contributed by atoms with Gasteiger partial charge in [-0.05, 0) is 40.3 Å². The maximum Gasteiger partial charge on any atom is 0.339 e. The highest BCUT2D eigenvalue weighted by molar-refractivity contribution is 9.10. The molecular formula is C8H6BrClN2O2S. The molecule has 4 N–H and O–H groups in total. The van der Waals surface area contributed by atoms with Crippen LogP contribution >= 0.6 is 39.7 Å². The minimum atomic E-state index is -1.15. The first kappa shape index (κ1) is 12.2. The number of aromatic carboxylic acids is 1. The van der Waals surface area contributed by atoms with Crippen molar-refractivity contribution >= 4 is 56.5 Å². The first-order valence-electron chi connectivity index (χ1n) is 3.71. The highest BCUT2D eigenvalue weighted by Gasteiger charge is 2.17. The number of halogens is 2.